The van der Waals surface area contributed by atoms with E-state index in [9.17, 15) is 19.2 Å². The molecule has 4 rings (SSSR count). The average Bonchev–Trinajstić information content (AvgIpc) is 3.17. The number of amides is 4. The number of hydrogen-bond donors (Lipinski definition) is 1. The summed E-state index contributed by atoms with van der Waals surface area (Å²) in [6.45, 7) is 4.78. The van der Waals surface area contributed by atoms with Crippen molar-refractivity contribution in [3.05, 3.63) is 82.3 Å². The number of imide groups is 1. The zero-order valence-corrected chi connectivity index (χ0v) is 24.1. The Kier molecular flexibility index (Phi) is 9.73. The van der Waals surface area contributed by atoms with Crippen LogP contribution in [0.4, 0.5) is 0 Å². The molecule has 1 saturated heterocycles. The molecule has 2 aromatic carbocycles. The molecule has 206 valence electrons. The molecule has 1 fully saturated rings. The van der Waals surface area contributed by atoms with Crippen LogP contribution in [0.3, 0.4) is 0 Å². The molecule has 3 atom stereocenters. The van der Waals surface area contributed by atoms with Crippen LogP contribution in [0.15, 0.2) is 71.2 Å². The van der Waals surface area contributed by atoms with Crippen molar-refractivity contribution >= 4 is 39.6 Å². The molecule has 39 heavy (non-hydrogen) atoms. The highest BCUT2D eigenvalue weighted by Gasteiger charge is 2.47. The van der Waals surface area contributed by atoms with Gasteiger partial charge in [-0.1, -0.05) is 84.4 Å². The quantitative estimate of drug-likeness (QED) is 0.307. The summed E-state index contributed by atoms with van der Waals surface area (Å²) in [5.41, 5.74) is 1.81. The molecule has 1 aliphatic heterocycles. The van der Waals surface area contributed by atoms with Gasteiger partial charge in [0, 0.05) is 36.9 Å². The van der Waals surface area contributed by atoms with Gasteiger partial charge in [0.1, 0.15) is 6.04 Å². The topological polar surface area (TPSA) is 86.8 Å². The van der Waals surface area contributed by atoms with Crippen molar-refractivity contribution in [1.82, 2.24) is 15.1 Å². The fraction of sp³-hybridized carbons (Fsp3) is 0.419. The van der Waals surface area contributed by atoms with E-state index < -0.39 is 6.04 Å². The number of rotatable bonds is 11. The van der Waals surface area contributed by atoms with Crippen LogP contribution >= 0.6 is 15.9 Å². The van der Waals surface area contributed by atoms with Crippen molar-refractivity contribution in [3.63, 3.8) is 0 Å². The molecule has 0 saturated carbocycles. The molecule has 7 nitrogen and oxygen atoms in total. The Hall–Kier alpha value is -3.26. The zero-order chi connectivity index (χ0) is 27.9. The Labute approximate surface area is 238 Å². The first-order chi connectivity index (χ1) is 18.7. The maximum Gasteiger partial charge on any atom is 0.243 e. The smallest absolute Gasteiger partial charge is 0.243 e. The number of likely N-dealkylation sites (tertiary alicyclic amines) is 1. The predicted molar refractivity (Wildman–Crippen MR) is 153 cm³/mol. The fourth-order valence-corrected chi connectivity index (χ4v) is 5.70. The summed E-state index contributed by atoms with van der Waals surface area (Å²) in [7, 11) is 0. The monoisotopic (exact) mass is 593 g/mol. The lowest BCUT2D eigenvalue weighted by Crippen LogP contribution is -2.51. The van der Waals surface area contributed by atoms with Crippen molar-refractivity contribution in [2.24, 2.45) is 17.8 Å². The molecule has 2 aromatic rings. The molecule has 8 heteroatoms. The van der Waals surface area contributed by atoms with Gasteiger partial charge in [-0.2, -0.15) is 0 Å². The van der Waals surface area contributed by atoms with Crippen LogP contribution in [-0.4, -0.2) is 52.6 Å². The number of benzene rings is 2. The van der Waals surface area contributed by atoms with Gasteiger partial charge >= 0.3 is 0 Å². The van der Waals surface area contributed by atoms with Gasteiger partial charge in [-0.3, -0.25) is 24.1 Å². The Morgan fingerprint density at radius 2 is 1.62 bits per heavy atom. The van der Waals surface area contributed by atoms with Gasteiger partial charge in [-0.15, -0.1) is 0 Å². The van der Waals surface area contributed by atoms with Crippen LogP contribution < -0.4 is 5.32 Å². The summed E-state index contributed by atoms with van der Waals surface area (Å²) in [5, 5.41) is 3.01. The molecular weight excluding hydrogens is 558 g/mol. The summed E-state index contributed by atoms with van der Waals surface area (Å²) in [6, 6.07) is 16.5. The molecule has 4 amide bonds. The van der Waals surface area contributed by atoms with E-state index >= 15 is 0 Å². The molecule has 2 aliphatic rings. The van der Waals surface area contributed by atoms with Gasteiger partial charge in [0.2, 0.25) is 23.6 Å². The van der Waals surface area contributed by atoms with Gasteiger partial charge in [0.25, 0.3) is 0 Å². The van der Waals surface area contributed by atoms with Crippen molar-refractivity contribution in [1.29, 1.82) is 0 Å². The first-order valence-electron chi connectivity index (χ1n) is 13.6. The van der Waals surface area contributed by atoms with Crippen LogP contribution in [0, 0.1) is 17.8 Å². The molecule has 0 bridgehead atoms. The predicted octanol–water partition coefficient (Wildman–Crippen LogP) is 4.50. The lowest BCUT2D eigenvalue weighted by Gasteiger charge is -2.32. The molecular formula is C31H36BrN3O4. The maximum absolute atomic E-state index is 13.9. The number of nitrogens with one attached hydrogen (secondary N) is 1. The lowest BCUT2D eigenvalue weighted by atomic mass is 9.85. The highest BCUT2D eigenvalue weighted by molar-refractivity contribution is 9.10. The van der Waals surface area contributed by atoms with Crippen LogP contribution in [-0.2, 0) is 32.1 Å². The molecule has 0 spiro atoms. The molecule has 1 heterocycles. The first-order valence-corrected chi connectivity index (χ1v) is 14.4. The van der Waals surface area contributed by atoms with E-state index in [1.54, 1.807) is 4.90 Å². The lowest BCUT2D eigenvalue weighted by molar-refractivity contribution is -0.144. The van der Waals surface area contributed by atoms with E-state index in [-0.39, 0.29) is 60.9 Å². The number of carbonyl (C=O) groups is 4. The van der Waals surface area contributed by atoms with Crippen LogP contribution in [0.25, 0.3) is 0 Å². The number of carbonyl (C=O) groups excluding carboxylic acids is 4. The van der Waals surface area contributed by atoms with E-state index in [4.69, 9.17) is 0 Å². The van der Waals surface area contributed by atoms with Crippen LogP contribution in [0.2, 0.25) is 0 Å². The van der Waals surface area contributed by atoms with Crippen molar-refractivity contribution < 1.29 is 19.2 Å². The summed E-state index contributed by atoms with van der Waals surface area (Å²) in [6.07, 6.45) is 5.33. The van der Waals surface area contributed by atoms with Crippen molar-refractivity contribution in [2.75, 3.05) is 13.1 Å². The standard InChI is InChI=1S/C31H36BrN3O4/c1-21(2)19-33-29(37)27(18-22-9-4-3-5-10-22)35(20-23-11-8-12-24(32)17-23)28(36)15-16-34-30(38)25-13-6-7-14-26(25)31(34)39/h3-12,17,21,25-27H,13-16,18-20H2,1-2H3,(H,33,37)/t25-,26+,27-/m1/s1. The molecule has 1 aliphatic carbocycles. The molecule has 0 aromatic heterocycles. The zero-order valence-electron chi connectivity index (χ0n) is 22.5. The second-order valence-corrected chi connectivity index (χ2v) is 11.6. The van der Waals surface area contributed by atoms with Gasteiger partial charge in [-0.25, -0.2) is 0 Å². The fourth-order valence-electron chi connectivity index (χ4n) is 5.25. The third-order valence-corrected chi connectivity index (χ3v) is 7.84. The van der Waals surface area contributed by atoms with Crippen molar-refractivity contribution in [2.45, 2.75) is 52.1 Å². The SMILES string of the molecule is CC(C)CNC(=O)[C@@H](Cc1ccccc1)N(Cc1cccc(Br)c1)C(=O)CCN1C(=O)[C@H]2CC=CC[C@H]2C1=O. The second kappa shape index (κ2) is 13.2. The van der Waals surface area contributed by atoms with Gasteiger partial charge in [0.05, 0.1) is 11.8 Å². The number of halogens is 1. The van der Waals surface area contributed by atoms with Gasteiger partial charge in [-0.05, 0) is 42.0 Å². The summed E-state index contributed by atoms with van der Waals surface area (Å²) >= 11 is 3.50. The first kappa shape index (κ1) is 28.7. The van der Waals surface area contributed by atoms with Crippen molar-refractivity contribution in [3.8, 4) is 0 Å². The van der Waals surface area contributed by atoms with E-state index in [0.29, 0.717) is 25.8 Å². The Balaban J connectivity index is 1.58. The minimum Gasteiger partial charge on any atom is -0.354 e. The minimum absolute atomic E-state index is 0.0180. The number of hydrogen-bond acceptors (Lipinski definition) is 4. The van der Waals surface area contributed by atoms with Crippen LogP contribution in [0.1, 0.15) is 44.2 Å². The van der Waals surface area contributed by atoms with Gasteiger partial charge < -0.3 is 10.2 Å². The van der Waals surface area contributed by atoms with E-state index in [2.05, 4.69) is 21.2 Å². The highest BCUT2D eigenvalue weighted by Crippen LogP contribution is 2.35. The third-order valence-electron chi connectivity index (χ3n) is 7.35. The van der Waals surface area contributed by atoms with E-state index in [0.717, 1.165) is 15.6 Å². The third kappa shape index (κ3) is 7.24. The van der Waals surface area contributed by atoms with E-state index in [1.807, 2.05) is 80.6 Å². The largest absolute Gasteiger partial charge is 0.354 e. The number of fused-ring (bicyclic) bond motifs is 1. The van der Waals surface area contributed by atoms with Crippen LogP contribution in [0.5, 0.6) is 0 Å². The second-order valence-electron chi connectivity index (χ2n) is 10.7. The molecule has 0 unspecified atom stereocenters. The highest BCUT2D eigenvalue weighted by atomic mass is 79.9. The Morgan fingerprint density at radius 3 is 2.23 bits per heavy atom. The number of allylic oxidation sites excluding steroid dienone is 2. The van der Waals surface area contributed by atoms with Gasteiger partial charge in [0.15, 0.2) is 0 Å². The summed E-state index contributed by atoms with van der Waals surface area (Å²) in [5.74, 6) is -1.30. The van der Waals surface area contributed by atoms with E-state index in [1.165, 1.54) is 4.90 Å². The molecule has 0 radical (unpaired) electrons. The maximum atomic E-state index is 13.9. The number of nitrogens with zero attached hydrogens (tertiary/aromatic N) is 2. The normalized spacial score (nSPS) is 19.2. The average molecular weight is 595 g/mol. The molecule has 1 N–H and O–H groups in total. The minimum atomic E-state index is -0.755. The summed E-state index contributed by atoms with van der Waals surface area (Å²) in [4.78, 5) is 56.2. The Morgan fingerprint density at radius 1 is 0.974 bits per heavy atom. The Bertz CT molecular complexity index is 1200. The summed E-state index contributed by atoms with van der Waals surface area (Å²) < 4.78 is 0.876.